The summed E-state index contributed by atoms with van der Waals surface area (Å²) in [7, 11) is 0. The quantitative estimate of drug-likeness (QED) is 0.692. The predicted octanol–water partition coefficient (Wildman–Crippen LogP) is 3.02. The first-order chi connectivity index (χ1) is 13.6. The summed E-state index contributed by atoms with van der Waals surface area (Å²) in [4.78, 5) is 14.7. The van der Waals surface area contributed by atoms with Crippen LogP contribution in [0.2, 0.25) is 5.02 Å². The average molecular weight is 400 g/mol. The summed E-state index contributed by atoms with van der Waals surface area (Å²) in [5.74, 6) is -0.440. The zero-order chi connectivity index (χ0) is 19.5. The van der Waals surface area contributed by atoms with Crippen LogP contribution < -0.4 is 5.32 Å². The van der Waals surface area contributed by atoms with Crippen molar-refractivity contribution >= 4 is 17.5 Å². The van der Waals surface area contributed by atoms with Crippen LogP contribution in [0.3, 0.4) is 0 Å². The first-order valence-electron chi connectivity index (χ1n) is 9.01. The van der Waals surface area contributed by atoms with Crippen LogP contribution in [-0.2, 0) is 26.2 Å². The summed E-state index contributed by atoms with van der Waals surface area (Å²) in [5.41, 5.74) is 2.95. The minimum absolute atomic E-state index is 0.135. The van der Waals surface area contributed by atoms with Crippen LogP contribution in [0.4, 0.5) is 4.39 Å². The van der Waals surface area contributed by atoms with Gasteiger partial charge in [-0.3, -0.25) is 4.79 Å². The summed E-state index contributed by atoms with van der Waals surface area (Å²) in [6.45, 7) is 2.51. The Balaban J connectivity index is 1.43. The normalized spacial score (nSPS) is 13.6. The van der Waals surface area contributed by atoms with E-state index in [0.29, 0.717) is 49.1 Å². The Morgan fingerprint density at radius 1 is 1.07 bits per heavy atom. The molecule has 1 amide bonds. The van der Waals surface area contributed by atoms with E-state index in [-0.39, 0.29) is 11.7 Å². The van der Waals surface area contributed by atoms with Gasteiger partial charge in [-0.15, -0.1) is 5.10 Å². The van der Waals surface area contributed by atoms with Crippen molar-refractivity contribution in [3.05, 3.63) is 81.9 Å². The lowest BCUT2D eigenvalue weighted by Gasteiger charge is -2.27. The van der Waals surface area contributed by atoms with Gasteiger partial charge < -0.3 is 10.2 Å². The molecule has 1 aliphatic heterocycles. The van der Waals surface area contributed by atoms with E-state index >= 15 is 0 Å². The molecule has 0 unspecified atom stereocenters. The van der Waals surface area contributed by atoms with Crippen LogP contribution >= 0.6 is 11.6 Å². The van der Waals surface area contributed by atoms with Gasteiger partial charge in [-0.25, -0.2) is 9.07 Å². The Bertz CT molecular complexity index is 989. The first kappa shape index (κ1) is 18.6. The Labute approximate surface area is 166 Å². The van der Waals surface area contributed by atoms with Gasteiger partial charge in [0.1, 0.15) is 11.5 Å². The van der Waals surface area contributed by atoms with Crippen molar-refractivity contribution in [2.75, 3.05) is 6.54 Å². The van der Waals surface area contributed by atoms with E-state index in [0.717, 1.165) is 11.1 Å². The highest BCUT2D eigenvalue weighted by Crippen LogP contribution is 2.18. The number of hydrogen-bond acceptors (Lipinski definition) is 4. The molecule has 8 heteroatoms. The maximum atomic E-state index is 13.4. The van der Waals surface area contributed by atoms with Crippen molar-refractivity contribution in [1.29, 1.82) is 0 Å². The van der Waals surface area contributed by atoms with Crippen LogP contribution in [0.15, 0.2) is 48.5 Å². The van der Waals surface area contributed by atoms with Crippen LogP contribution in [0.25, 0.3) is 0 Å². The van der Waals surface area contributed by atoms with Gasteiger partial charge in [0.2, 0.25) is 0 Å². The summed E-state index contributed by atoms with van der Waals surface area (Å²) in [6, 6.07) is 13.9. The van der Waals surface area contributed by atoms with Crippen molar-refractivity contribution in [2.24, 2.45) is 0 Å². The molecule has 1 aromatic heterocycles. The standard InChI is InChI=1S/C20H19ClFN5O/c21-16-6-4-14(5-7-16)11-23-12-18-19-20(28)26(8-9-27(19)25-24-18)13-15-2-1-3-17(22)10-15/h1-7,10,23H,8-9,11-13H2. The van der Waals surface area contributed by atoms with E-state index in [9.17, 15) is 9.18 Å². The molecule has 0 atom stereocenters. The van der Waals surface area contributed by atoms with E-state index < -0.39 is 0 Å². The number of nitrogens with zero attached hydrogens (tertiary/aromatic N) is 4. The summed E-state index contributed by atoms with van der Waals surface area (Å²) >= 11 is 5.90. The second kappa shape index (κ2) is 8.08. The minimum atomic E-state index is -0.305. The average Bonchev–Trinajstić information content (AvgIpc) is 3.10. The number of halogens is 2. The van der Waals surface area contributed by atoms with E-state index in [1.807, 2.05) is 30.3 Å². The molecule has 144 valence electrons. The lowest BCUT2D eigenvalue weighted by Crippen LogP contribution is -2.40. The van der Waals surface area contributed by atoms with Gasteiger partial charge in [-0.05, 0) is 35.4 Å². The Hall–Kier alpha value is -2.77. The van der Waals surface area contributed by atoms with Crippen LogP contribution in [0, 0.1) is 5.82 Å². The molecule has 2 heterocycles. The number of nitrogens with one attached hydrogen (secondary N) is 1. The van der Waals surface area contributed by atoms with Crippen molar-refractivity contribution in [3.8, 4) is 0 Å². The molecule has 6 nitrogen and oxygen atoms in total. The molecule has 0 radical (unpaired) electrons. The second-order valence-corrected chi connectivity index (χ2v) is 7.13. The van der Waals surface area contributed by atoms with Gasteiger partial charge in [0.05, 0.1) is 6.54 Å². The highest BCUT2D eigenvalue weighted by atomic mass is 35.5. The molecule has 3 aromatic rings. The number of hydrogen-bond donors (Lipinski definition) is 1. The number of aromatic nitrogens is 3. The Morgan fingerprint density at radius 2 is 1.89 bits per heavy atom. The molecule has 2 aromatic carbocycles. The molecule has 4 rings (SSSR count). The third kappa shape index (κ3) is 4.05. The van der Waals surface area contributed by atoms with E-state index in [2.05, 4.69) is 15.6 Å². The minimum Gasteiger partial charge on any atom is -0.331 e. The smallest absolute Gasteiger partial charge is 0.274 e. The summed E-state index contributed by atoms with van der Waals surface area (Å²) < 4.78 is 15.1. The zero-order valence-corrected chi connectivity index (χ0v) is 15.9. The third-order valence-electron chi connectivity index (χ3n) is 4.67. The molecule has 0 spiro atoms. The lowest BCUT2D eigenvalue weighted by atomic mass is 10.1. The molecule has 0 bridgehead atoms. The molecule has 0 fully saturated rings. The first-order valence-corrected chi connectivity index (χ1v) is 9.39. The second-order valence-electron chi connectivity index (χ2n) is 6.69. The van der Waals surface area contributed by atoms with Crippen molar-refractivity contribution in [1.82, 2.24) is 25.2 Å². The van der Waals surface area contributed by atoms with E-state index in [4.69, 9.17) is 11.6 Å². The number of carbonyl (C=O) groups excluding carboxylic acids is 1. The van der Waals surface area contributed by atoms with Gasteiger partial charge >= 0.3 is 0 Å². The fraction of sp³-hybridized carbons (Fsp3) is 0.250. The largest absolute Gasteiger partial charge is 0.331 e. The molecule has 0 saturated carbocycles. The fourth-order valence-electron chi connectivity index (χ4n) is 3.26. The molecule has 0 aliphatic carbocycles. The monoisotopic (exact) mass is 399 g/mol. The highest BCUT2D eigenvalue weighted by molar-refractivity contribution is 6.30. The summed E-state index contributed by atoms with van der Waals surface area (Å²) in [6.07, 6.45) is 0. The fourth-order valence-corrected chi connectivity index (χ4v) is 3.39. The van der Waals surface area contributed by atoms with Gasteiger partial charge in [-0.1, -0.05) is 41.1 Å². The van der Waals surface area contributed by atoms with Crippen molar-refractivity contribution in [2.45, 2.75) is 26.2 Å². The van der Waals surface area contributed by atoms with Gasteiger partial charge in [0, 0.05) is 31.2 Å². The molecular formula is C20H19ClFN5O. The van der Waals surface area contributed by atoms with Crippen molar-refractivity contribution in [3.63, 3.8) is 0 Å². The zero-order valence-electron chi connectivity index (χ0n) is 15.1. The van der Waals surface area contributed by atoms with Gasteiger partial charge in [0.15, 0.2) is 5.69 Å². The maximum Gasteiger partial charge on any atom is 0.274 e. The van der Waals surface area contributed by atoms with Gasteiger partial charge in [-0.2, -0.15) is 0 Å². The number of rotatable bonds is 6. The van der Waals surface area contributed by atoms with E-state index in [1.165, 1.54) is 12.1 Å². The molecule has 1 aliphatic rings. The predicted molar refractivity (Wildman–Crippen MR) is 103 cm³/mol. The molecule has 1 N–H and O–H groups in total. The highest BCUT2D eigenvalue weighted by Gasteiger charge is 2.29. The number of amides is 1. The Morgan fingerprint density at radius 3 is 2.68 bits per heavy atom. The number of carbonyl (C=O) groups is 1. The molecule has 28 heavy (non-hydrogen) atoms. The topological polar surface area (TPSA) is 63.1 Å². The lowest BCUT2D eigenvalue weighted by molar-refractivity contribution is 0.0681. The maximum absolute atomic E-state index is 13.4. The number of fused-ring (bicyclic) bond motifs is 1. The summed E-state index contributed by atoms with van der Waals surface area (Å²) in [5, 5.41) is 12.3. The van der Waals surface area contributed by atoms with Crippen LogP contribution in [0.5, 0.6) is 0 Å². The SMILES string of the molecule is O=C1c2c(CNCc3ccc(Cl)cc3)nnn2CCN1Cc1cccc(F)c1. The molecule has 0 saturated heterocycles. The van der Waals surface area contributed by atoms with Crippen LogP contribution in [0.1, 0.15) is 27.3 Å². The Kier molecular flexibility index (Phi) is 5.36. The number of benzene rings is 2. The van der Waals surface area contributed by atoms with Gasteiger partial charge in [0.25, 0.3) is 5.91 Å². The van der Waals surface area contributed by atoms with Crippen molar-refractivity contribution < 1.29 is 9.18 Å². The van der Waals surface area contributed by atoms with Crippen LogP contribution in [-0.4, -0.2) is 32.3 Å². The van der Waals surface area contributed by atoms with E-state index in [1.54, 1.807) is 15.6 Å². The molecular weight excluding hydrogens is 381 g/mol. The third-order valence-corrected chi connectivity index (χ3v) is 4.93.